The molecule has 0 aliphatic carbocycles. The molecule has 1 unspecified atom stereocenters. The minimum absolute atomic E-state index is 0.282. The molecule has 0 spiro atoms. The molecule has 1 saturated heterocycles. The van der Waals surface area contributed by atoms with Gasteiger partial charge in [-0.05, 0) is 25.5 Å². The van der Waals surface area contributed by atoms with Crippen molar-refractivity contribution in [1.82, 2.24) is 14.4 Å². The van der Waals surface area contributed by atoms with Gasteiger partial charge >= 0.3 is 12.0 Å². The van der Waals surface area contributed by atoms with Gasteiger partial charge in [-0.25, -0.2) is 9.36 Å². The zero-order chi connectivity index (χ0) is 20.0. The number of aryl methyl sites for hydroxylation is 1. The van der Waals surface area contributed by atoms with Gasteiger partial charge in [0.05, 0.1) is 6.61 Å². The summed E-state index contributed by atoms with van der Waals surface area (Å²) in [6.45, 7) is 4.73. The molecule has 1 aromatic carbocycles. The van der Waals surface area contributed by atoms with Crippen molar-refractivity contribution in [2.75, 3.05) is 20.7 Å². The molecule has 0 radical (unpaired) electrons. The molecule has 28 heavy (non-hydrogen) atoms. The van der Waals surface area contributed by atoms with E-state index in [-0.39, 0.29) is 11.9 Å². The molecule has 0 N–H and O–H groups in total. The Bertz CT molecular complexity index is 994. The SMILES string of the molecule is CCCCOc1ccccc1-n1c(C)c[n+]2c1N=C1C2C(=O)N(C)C(=O)N1C. The van der Waals surface area contributed by atoms with Gasteiger partial charge in [-0.1, -0.05) is 30.5 Å². The summed E-state index contributed by atoms with van der Waals surface area (Å²) in [6.07, 6.45) is 3.93. The Morgan fingerprint density at radius 1 is 1.18 bits per heavy atom. The molecule has 3 heterocycles. The van der Waals surface area contributed by atoms with E-state index in [4.69, 9.17) is 4.74 Å². The number of amides is 3. The van der Waals surface area contributed by atoms with Crippen LogP contribution in [-0.4, -0.2) is 52.8 Å². The number of unbranched alkanes of at least 4 members (excludes halogenated alkanes) is 1. The molecule has 0 bridgehead atoms. The van der Waals surface area contributed by atoms with Gasteiger partial charge in [-0.15, -0.1) is 0 Å². The second-order valence-electron chi connectivity index (χ2n) is 7.09. The fraction of sp³-hybridized carbons (Fsp3) is 0.400. The first-order valence-corrected chi connectivity index (χ1v) is 9.45. The number of carbonyl (C=O) groups is 2. The highest BCUT2D eigenvalue weighted by atomic mass is 16.5. The van der Waals surface area contributed by atoms with Gasteiger partial charge in [0.1, 0.15) is 17.6 Å². The molecule has 1 aromatic heterocycles. The third-order valence-electron chi connectivity index (χ3n) is 5.19. The summed E-state index contributed by atoms with van der Waals surface area (Å²) >= 11 is 0. The number of aromatic nitrogens is 2. The number of aliphatic imine (C=N–C) groups is 1. The van der Waals surface area contributed by atoms with Crippen LogP contribution in [0.4, 0.5) is 10.7 Å². The van der Waals surface area contributed by atoms with E-state index in [0.717, 1.165) is 34.9 Å². The van der Waals surface area contributed by atoms with E-state index in [1.54, 1.807) is 7.05 Å². The van der Waals surface area contributed by atoms with Crippen molar-refractivity contribution in [2.24, 2.45) is 4.99 Å². The van der Waals surface area contributed by atoms with Gasteiger partial charge in [0.2, 0.25) is 11.9 Å². The van der Waals surface area contributed by atoms with Crippen molar-refractivity contribution in [2.45, 2.75) is 32.7 Å². The molecule has 8 nitrogen and oxygen atoms in total. The Morgan fingerprint density at radius 3 is 2.68 bits per heavy atom. The quantitative estimate of drug-likeness (QED) is 0.589. The van der Waals surface area contributed by atoms with Crippen LogP contribution < -0.4 is 9.30 Å². The molecule has 0 saturated carbocycles. The highest BCUT2D eigenvalue weighted by Gasteiger charge is 2.52. The highest BCUT2D eigenvalue weighted by molar-refractivity contribution is 6.18. The minimum Gasteiger partial charge on any atom is -0.490 e. The molecule has 2 aliphatic rings. The summed E-state index contributed by atoms with van der Waals surface area (Å²) < 4.78 is 9.79. The predicted octanol–water partition coefficient (Wildman–Crippen LogP) is 2.36. The van der Waals surface area contributed by atoms with Crippen LogP contribution in [0.2, 0.25) is 0 Å². The molecule has 2 aromatic rings. The third kappa shape index (κ3) is 2.59. The van der Waals surface area contributed by atoms with Crippen LogP contribution in [0.1, 0.15) is 31.5 Å². The lowest BCUT2D eigenvalue weighted by atomic mass is 10.2. The molecule has 3 amide bonds. The van der Waals surface area contributed by atoms with Crippen molar-refractivity contribution in [3.05, 3.63) is 36.2 Å². The van der Waals surface area contributed by atoms with Crippen molar-refractivity contribution in [3.8, 4) is 11.4 Å². The number of benzene rings is 1. The summed E-state index contributed by atoms with van der Waals surface area (Å²) in [5.41, 5.74) is 1.79. The summed E-state index contributed by atoms with van der Waals surface area (Å²) in [5.74, 6) is 1.53. The molecule has 8 heteroatoms. The van der Waals surface area contributed by atoms with Crippen molar-refractivity contribution < 1.29 is 18.9 Å². The lowest BCUT2D eigenvalue weighted by Crippen LogP contribution is -2.61. The summed E-state index contributed by atoms with van der Waals surface area (Å²) in [4.78, 5) is 32.3. The zero-order valence-corrected chi connectivity index (χ0v) is 16.5. The summed E-state index contributed by atoms with van der Waals surface area (Å²) in [6, 6.07) is 6.79. The number of carbonyl (C=O) groups excluding carboxylic acids is 2. The minimum atomic E-state index is -0.629. The monoisotopic (exact) mass is 382 g/mol. The fourth-order valence-corrected chi connectivity index (χ4v) is 3.65. The number of likely N-dealkylation sites (N-methyl/N-ethyl adjacent to an activating group) is 2. The van der Waals surface area contributed by atoms with E-state index in [1.165, 1.54) is 11.9 Å². The number of para-hydroxylation sites is 2. The van der Waals surface area contributed by atoms with Crippen LogP contribution in [0.3, 0.4) is 0 Å². The van der Waals surface area contributed by atoms with Gasteiger partial charge in [0.15, 0.2) is 5.75 Å². The first kappa shape index (κ1) is 18.2. The van der Waals surface area contributed by atoms with Crippen LogP contribution in [0.15, 0.2) is 35.5 Å². The highest BCUT2D eigenvalue weighted by Crippen LogP contribution is 2.33. The number of fused-ring (bicyclic) bond motifs is 3. The number of imidazole rings is 1. The van der Waals surface area contributed by atoms with E-state index in [1.807, 2.05) is 46.5 Å². The van der Waals surface area contributed by atoms with E-state index in [0.29, 0.717) is 18.4 Å². The van der Waals surface area contributed by atoms with E-state index >= 15 is 0 Å². The predicted molar refractivity (Wildman–Crippen MR) is 103 cm³/mol. The molecule has 2 aliphatic heterocycles. The molecule has 1 atom stereocenters. The second-order valence-corrected chi connectivity index (χ2v) is 7.09. The number of amidine groups is 1. The second kappa shape index (κ2) is 6.78. The number of hydrogen-bond donors (Lipinski definition) is 0. The number of ether oxygens (including phenoxy) is 1. The van der Waals surface area contributed by atoms with Crippen molar-refractivity contribution in [3.63, 3.8) is 0 Å². The van der Waals surface area contributed by atoms with Gasteiger partial charge < -0.3 is 4.74 Å². The Labute approximate surface area is 163 Å². The first-order valence-electron chi connectivity index (χ1n) is 9.45. The maximum atomic E-state index is 12.8. The summed E-state index contributed by atoms with van der Waals surface area (Å²) in [7, 11) is 3.14. The van der Waals surface area contributed by atoms with Gasteiger partial charge in [-0.3, -0.25) is 14.6 Å². The molecular formula is C20H24N5O3+. The maximum absolute atomic E-state index is 12.8. The van der Waals surface area contributed by atoms with Crippen LogP contribution in [0.25, 0.3) is 5.69 Å². The normalized spacial score (nSPS) is 18.3. The molecular weight excluding hydrogens is 358 g/mol. The Hall–Kier alpha value is -3.16. The zero-order valence-electron chi connectivity index (χ0n) is 16.5. The maximum Gasteiger partial charge on any atom is 0.407 e. The van der Waals surface area contributed by atoms with Crippen LogP contribution in [-0.2, 0) is 4.79 Å². The van der Waals surface area contributed by atoms with Gasteiger partial charge in [-0.2, -0.15) is 4.57 Å². The third-order valence-corrected chi connectivity index (χ3v) is 5.19. The van der Waals surface area contributed by atoms with Crippen LogP contribution >= 0.6 is 0 Å². The standard InChI is InChI=1S/C20H24N5O3/c1-5-6-11-28-15-10-8-7-9-14(15)25-13(2)12-24-16-17(21-19(24)25)22(3)20(27)23(4)18(16)26/h7-10,12,16H,5-6,11H2,1-4H3/q+1. The number of nitrogens with zero attached hydrogens (tertiary/aromatic N) is 5. The van der Waals surface area contributed by atoms with E-state index in [9.17, 15) is 9.59 Å². The lowest BCUT2D eigenvalue weighted by Gasteiger charge is -2.30. The van der Waals surface area contributed by atoms with Crippen molar-refractivity contribution in [1.29, 1.82) is 0 Å². The van der Waals surface area contributed by atoms with Crippen LogP contribution in [0, 0.1) is 6.92 Å². The van der Waals surface area contributed by atoms with Crippen molar-refractivity contribution >= 4 is 23.7 Å². The van der Waals surface area contributed by atoms with Gasteiger partial charge in [0, 0.05) is 14.1 Å². The fourth-order valence-electron chi connectivity index (χ4n) is 3.65. The molecule has 4 rings (SSSR count). The van der Waals surface area contributed by atoms with E-state index in [2.05, 4.69) is 11.9 Å². The molecule has 146 valence electrons. The van der Waals surface area contributed by atoms with E-state index < -0.39 is 6.04 Å². The smallest absolute Gasteiger partial charge is 0.407 e. The lowest BCUT2D eigenvalue weighted by molar-refractivity contribution is -0.676. The molecule has 1 fully saturated rings. The first-order chi connectivity index (χ1) is 13.5. The van der Waals surface area contributed by atoms with Crippen LogP contribution in [0.5, 0.6) is 5.75 Å². The Balaban J connectivity index is 1.82. The number of rotatable bonds is 5. The number of hydrogen-bond acceptors (Lipinski definition) is 4. The topological polar surface area (TPSA) is 71.0 Å². The van der Waals surface area contributed by atoms with Gasteiger partial charge in [0.25, 0.3) is 5.91 Å². The number of urea groups is 1. The average Bonchev–Trinajstić information content (AvgIpc) is 3.20. The largest absolute Gasteiger partial charge is 0.490 e. The average molecular weight is 382 g/mol. The Morgan fingerprint density at radius 2 is 1.93 bits per heavy atom. The summed E-state index contributed by atoms with van der Waals surface area (Å²) in [5, 5.41) is 0. The number of imide groups is 1. The Kier molecular flexibility index (Phi) is 4.41.